The van der Waals surface area contributed by atoms with Crippen molar-refractivity contribution in [1.82, 2.24) is 19.7 Å². The number of hydrogen-bond acceptors (Lipinski definition) is 7. The van der Waals surface area contributed by atoms with E-state index in [2.05, 4.69) is 20.4 Å². The van der Waals surface area contributed by atoms with Gasteiger partial charge in [0.1, 0.15) is 16.7 Å². The molecule has 3 heterocycles. The Kier molecular flexibility index (Phi) is 7.83. The summed E-state index contributed by atoms with van der Waals surface area (Å²) in [6, 6.07) is 17.3. The number of ether oxygens (including phenoxy) is 1. The highest BCUT2D eigenvalue weighted by molar-refractivity contribution is 7.91. The molecular weight excluding hydrogens is 550 g/mol. The Morgan fingerprint density at radius 1 is 1.00 bits per heavy atom. The van der Waals surface area contributed by atoms with Crippen molar-refractivity contribution in [3.63, 3.8) is 0 Å². The zero-order valence-corrected chi connectivity index (χ0v) is 25.0. The number of sulfone groups is 1. The molecule has 1 N–H and O–H groups in total. The van der Waals surface area contributed by atoms with Crippen LogP contribution in [0.4, 0.5) is 5.69 Å². The maximum absolute atomic E-state index is 13.4. The lowest BCUT2D eigenvalue weighted by molar-refractivity contribution is -0.115. The van der Waals surface area contributed by atoms with Gasteiger partial charge in [-0.25, -0.2) is 8.42 Å². The van der Waals surface area contributed by atoms with Gasteiger partial charge in [0.05, 0.1) is 40.0 Å². The second-order valence-electron chi connectivity index (χ2n) is 11.2. The Morgan fingerprint density at radius 3 is 2.50 bits per heavy atom. The van der Waals surface area contributed by atoms with E-state index in [0.717, 1.165) is 11.1 Å². The number of carbonyl (C=O) groups excluding carboxylic acids is 1. The van der Waals surface area contributed by atoms with Crippen molar-refractivity contribution < 1.29 is 17.9 Å². The van der Waals surface area contributed by atoms with Crippen LogP contribution in [0.1, 0.15) is 49.8 Å². The molecule has 2 aromatic carbocycles. The van der Waals surface area contributed by atoms with Crippen molar-refractivity contribution in [2.75, 3.05) is 5.32 Å². The summed E-state index contributed by atoms with van der Waals surface area (Å²) in [5.41, 5.74) is 3.22. The first-order valence-corrected chi connectivity index (χ1v) is 15.1. The predicted molar refractivity (Wildman–Crippen MR) is 162 cm³/mol. The van der Waals surface area contributed by atoms with Crippen molar-refractivity contribution in [3.05, 3.63) is 102 Å². The number of carbonyl (C=O) groups is 1. The summed E-state index contributed by atoms with van der Waals surface area (Å²) < 4.78 is 35.0. The maximum atomic E-state index is 13.4. The number of aromatic nitrogens is 4. The van der Waals surface area contributed by atoms with Gasteiger partial charge in [-0.05, 0) is 88.2 Å². The molecule has 0 saturated carbocycles. The van der Waals surface area contributed by atoms with Crippen LogP contribution in [0.15, 0.2) is 90.3 Å². The number of rotatable bonds is 8. The van der Waals surface area contributed by atoms with Gasteiger partial charge in [-0.3, -0.25) is 19.4 Å². The fraction of sp³-hybridized carbons (Fsp3) is 0.250. The lowest BCUT2D eigenvalue weighted by atomic mass is 10.1. The molecule has 5 rings (SSSR count). The molecule has 5 aromatic rings. The molecule has 10 heteroatoms. The minimum absolute atomic E-state index is 0.148. The van der Waals surface area contributed by atoms with Gasteiger partial charge in [-0.1, -0.05) is 18.2 Å². The maximum Gasteiger partial charge on any atom is 0.228 e. The number of pyridine rings is 2. The number of aryl methyl sites for hydroxylation is 1. The molecule has 3 aromatic heterocycles. The van der Waals surface area contributed by atoms with Crippen LogP contribution in [-0.4, -0.2) is 34.1 Å². The van der Waals surface area contributed by atoms with Crippen LogP contribution in [0.2, 0.25) is 0 Å². The van der Waals surface area contributed by atoms with Gasteiger partial charge in [0.2, 0.25) is 5.91 Å². The molecule has 0 fully saturated rings. The fourth-order valence-corrected chi connectivity index (χ4v) is 5.95. The molecule has 0 aliphatic carbocycles. The van der Waals surface area contributed by atoms with Crippen LogP contribution in [0.3, 0.4) is 0 Å². The number of anilines is 1. The minimum Gasteiger partial charge on any atom is -0.456 e. The van der Waals surface area contributed by atoms with Crippen LogP contribution in [0, 0.1) is 6.92 Å². The quantitative estimate of drug-likeness (QED) is 0.225. The summed E-state index contributed by atoms with van der Waals surface area (Å²) in [6.45, 7) is 9.65. The number of benzene rings is 2. The van der Waals surface area contributed by atoms with E-state index in [9.17, 15) is 13.2 Å². The van der Waals surface area contributed by atoms with Crippen LogP contribution >= 0.6 is 0 Å². The highest BCUT2D eigenvalue weighted by Gasteiger charge is 2.26. The van der Waals surface area contributed by atoms with E-state index in [4.69, 9.17) is 4.74 Å². The average molecular weight is 584 g/mol. The van der Waals surface area contributed by atoms with E-state index in [1.165, 1.54) is 0 Å². The summed E-state index contributed by atoms with van der Waals surface area (Å²) in [5, 5.41) is 6.97. The monoisotopic (exact) mass is 583 g/mol. The Labute approximate surface area is 245 Å². The summed E-state index contributed by atoms with van der Waals surface area (Å²) in [7, 11) is -3.72. The van der Waals surface area contributed by atoms with E-state index in [-0.39, 0.29) is 22.8 Å². The Morgan fingerprint density at radius 2 is 1.81 bits per heavy atom. The SMILES string of the molecule is Cc1cc(CC(=O)Nc2cnn(C(C)(C)C)c2)ccc1Oc1ccnc2ccc(S(=O)(=O)C(C)c3ccccn3)cc12. The van der Waals surface area contributed by atoms with E-state index in [1.807, 2.05) is 52.1 Å². The molecule has 0 radical (unpaired) electrons. The summed E-state index contributed by atoms with van der Waals surface area (Å²) >= 11 is 0. The molecule has 0 bridgehead atoms. The van der Waals surface area contributed by atoms with Gasteiger partial charge in [0.25, 0.3) is 0 Å². The minimum atomic E-state index is -3.72. The number of nitrogens with one attached hydrogen (secondary N) is 1. The Hall–Kier alpha value is -4.57. The molecule has 216 valence electrons. The molecule has 0 aliphatic heterocycles. The smallest absolute Gasteiger partial charge is 0.228 e. The molecule has 0 spiro atoms. The lowest BCUT2D eigenvalue weighted by Crippen LogP contribution is -2.22. The van der Waals surface area contributed by atoms with Gasteiger partial charge in [-0.2, -0.15) is 5.10 Å². The molecule has 0 aliphatic rings. The number of amides is 1. The third-order valence-corrected chi connectivity index (χ3v) is 9.03. The van der Waals surface area contributed by atoms with Crippen molar-refractivity contribution in [2.45, 2.75) is 56.7 Å². The zero-order valence-electron chi connectivity index (χ0n) is 24.2. The van der Waals surface area contributed by atoms with Gasteiger partial charge in [0.15, 0.2) is 9.84 Å². The fourth-order valence-electron chi connectivity index (χ4n) is 4.54. The van der Waals surface area contributed by atoms with E-state index in [1.54, 1.807) is 72.7 Å². The number of nitrogens with zero attached hydrogens (tertiary/aromatic N) is 4. The van der Waals surface area contributed by atoms with Crippen molar-refractivity contribution in [1.29, 1.82) is 0 Å². The van der Waals surface area contributed by atoms with Crippen molar-refractivity contribution >= 4 is 32.3 Å². The van der Waals surface area contributed by atoms with E-state index >= 15 is 0 Å². The zero-order chi connectivity index (χ0) is 30.1. The van der Waals surface area contributed by atoms with Gasteiger partial charge in [0, 0.05) is 24.0 Å². The summed E-state index contributed by atoms with van der Waals surface area (Å²) in [6.07, 6.45) is 6.85. The third-order valence-electron chi connectivity index (χ3n) is 6.95. The second kappa shape index (κ2) is 11.4. The third kappa shape index (κ3) is 6.18. The predicted octanol–water partition coefficient (Wildman–Crippen LogP) is 6.40. The number of hydrogen-bond donors (Lipinski definition) is 1. The van der Waals surface area contributed by atoms with Crippen molar-refractivity contribution in [2.24, 2.45) is 0 Å². The molecule has 1 unspecified atom stereocenters. The van der Waals surface area contributed by atoms with E-state index in [0.29, 0.717) is 33.8 Å². The van der Waals surface area contributed by atoms with Crippen LogP contribution < -0.4 is 10.1 Å². The molecule has 0 saturated heterocycles. The first-order chi connectivity index (χ1) is 19.9. The first-order valence-electron chi connectivity index (χ1n) is 13.6. The Bertz CT molecular complexity index is 1860. The summed E-state index contributed by atoms with van der Waals surface area (Å²) in [4.78, 5) is 21.5. The highest BCUT2D eigenvalue weighted by Crippen LogP contribution is 2.35. The topological polar surface area (TPSA) is 116 Å². The van der Waals surface area contributed by atoms with Crippen LogP contribution in [0.5, 0.6) is 11.5 Å². The van der Waals surface area contributed by atoms with Crippen molar-refractivity contribution in [3.8, 4) is 11.5 Å². The largest absolute Gasteiger partial charge is 0.456 e. The number of fused-ring (bicyclic) bond motifs is 1. The molecule has 42 heavy (non-hydrogen) atoms. The van der Waals surface area contributed by atoms with Crippen LogP contribution in [-0.2, 0) is 26.6 Å². The average Bonchev–Trinajstić information content (AvgIpc) is 3.43. The Balaban J connectivity index is 1.34. The molecular formula is C32H33N5O4S. The molecule has 1 amide bonds. The van der Waals surface area contributed by atoms with E-state index < -0.39 is 15.1 Å². The van der Waals surface area contributed by atoms with Gasteiger partial charge < -0.3 is 10.1 Å². The van der Waals surface area contributed by atoms with Crippen LogP contribution in [0.25, 0.3) is 10.9 Å². The lowest BCUT2D eigenvalue weighted by Gasteiger charge is -2.18. The second-order valence-corrected chi connectivity index (χ2v) is 13.5. The normalized spacial score (nSPS) is 12.7. The molecule has 9 nitrogen and oxygen atoms in total. The first kappa shape index (κ1) is 28.9. The van der Waals surface area contributed by atoms with Gasteiger partial charge >= 0.3 is 0 Å². The van der Waals surface area contributed by atoms with Gasteiger partial charge in [-0.15, -0.1) is 0 Å². The molecule has 1 atom stereocenters. The standard InChI is InChI=1S/C32H33N5O4S/c1-21-16-23(17-31(38)36-24-19-35-37(20-24)32(3,4)5)9-12-29(21)41-30-13-15-34-28-11-10-25(18-26(28)30)42(39,40)22(2)27-8-6-7-14-33-27/h6-16,18-20,22H,17H2,1-5H3,(H,36,38). The summed E-state index contributed by atoms with van der Waals surface area (Å²) in [5.74, 6) is 0.922. The highest BCUT2D eigenvalue weighted by atomic mass is 32.2.